The first-order chi connectivity index (χ1) is 8.22. The van der Waals surface area contributed by atoms with Gasteiger partial charge in [0.15, 0.2) is 0 Å². The highest BCUT2D eigenvalue weighted by atomic mass is 16.5. The molecule has 4 N–H and O–H groups in total. The minimum atomic E-state index is -0.0901. The maximum Gasteiger partial charge on any atom is 0.119 e. The van der Waals surface area contributed by atoms with Crippen molar-refractivity contribution in [1.29, 1.82) is 0 Å². The summed E-state index contributed by atoms with van der Waals surface area (Å²) in [7, 11) is 0. The second-order valence-corrected chi connectivity index (χ2v) is 4.54. The molecule has 0 bridgehead atoms. The van der Waals surface area contributed by atoms with Gasteiger partial charge in [0.2, 0.25) is 0 Å². The average molecular weight is 236 g/mol. The predicted octanol–water partition coefficient (Wildman–Crippen LogP) is 1.06. The number of hydrogen-bond donors (Lipinski definition) is 2. The maximum atomic E-state index is 6.27. The van der Waals surface area contributed by atoms with E-state index >= 15 is 0 Å². The van der Waals surface area contributed by atoms with Gasteiger partial charge in [-0.2, -0.15) is 0 Å². The summed E-state index contributed by atoms with van der Waals surface area (Å²) in [4.78, 5) is 0. The van der Waals surface area contributed by atoms with Crippen LogP contribution in [-0.4, -0.2) is 26.4 Å². The number of nitrogens with two attached hydrogens (primary N) is 2. The lowest BCUT2D eigenvalue weighted by Crippen LogP contribution is -2.54. The molecule has 4 heteroatoms. The summed E-state index contributed by atoms with van der Waals surface area (Å²) in [5.74, 6) is 0.870. The zero-order chi connectivity index (χ0) is 12.3. The molecular weight excluding hydrogens is 216 g/mol. The smallest absolute Gasteiger partial charge is 0.119 e. The normalized spacial score (nSPS) is 19.5. The van der Waals surface area contributed by atoms with E-state index in [1.165, 1.54) is 0 Å². The van der Waals surface area contributed by atoms with Gasteiger partial charge in [0, 0.05) is 18.0 Å². The molecule has 1 aliphatic heterocycles. The highest BCUT2D eigenvalue weighted by Gasteiger charge is 2.43. The van der Waals surface area contributed by atoms with Crippen LogP contribution in [0.5, 0.6) is 5.75 Å². The third kappa shape index (κ3) is 2.29. The lowest BCUT2D eigenvalue weighted by molar-refractivity contribution is -0.121. The Morgan fingerprint density at radius 3 is 2.41 bits per heavy atom. The standard InChI is InChI=1S/C13H20N2O2/c1-2-17-11-5-3-10(4-6-11)12(15)13(7-14)8-16-9-13/h3-6,12H,2,7-9,14-15H2,1H3. The highest BCUT2D eigenvalue weighted by molar-refractivity contribution is 5.30. The zero-order valence-corrected chi connectivity index (χ0v) is 10.2. The molecule has 0 spiro atoms. The van der Waals surface area contributed by atoms with Crippen LogP contribution in [0.4, 0.5) is 0 Å². The highest BCUT2D eigenvalue weighted by Crippen LogP contribution is 2.38. The minimum Gasteiger partial charge on any atom is -0.494 e. The van der Waals surface area contributed by atoms with Crippen molar-refractivity contribution < 1.29 is 9.47 Å². The number of ether oxygens (including phenoxy) is 2. The lowest BCUT2D eigenvalue weighted by Gasteiger charge is -2.45. The van der Waals surface area contributed by atoms with Crippen molar-refractivity contribution in [2.45, 2.75) is 13.0 Å². The van der Waals surface area contributed by atoms with Gasteiger partial charge in [-0.1, -0.05) is 12.1 Å². The molecule has 0 saturated carbocycles. The summed E-state index contributed by atoms with van der Waals surface area (Å²) in [5, 5.41) is 0. The molecule has 17 heavy (non-hydrogen) atoms. The molecule has 1 saturated heterocycles. The van der Waals surface area contributed by atoms with Gasteiger partial charge in [0.05, 0.1) is 19.8 Å². The summed E-state index contributed by atoms with van der Waals surface area (Å²) >= 11 is 0. The van der Waals surface area contributed by atoms with Crippen molar-refractivity contribution in [3.05, 3.63) is 29.8 Å². The largest absolute Gasteiger partial charge is 0.494 e. The minimum absolute atomic E-state index is 0.0723. The van der Waals surface area contributed by atoms with Gasteiger partial charge in [0.1, 0.15) is 5.75 Å². The molecule has 1 unspecified atom stereocenters. The quantitative estimate of drug-likeness (QED) is 0.802. The fourth-order valence-corrected chi connectivity index (χ4v) is 2.08. The third-order valence-corrected chi connectivity index (χ3v) is 3.40. The van der Waals surface area contributed by atoms with Crippen LogP contribution >= 0.6 is 0 Å². The predicted molar refractivity (Wildman–Crippen MR) is 66.8 cm³/mol. The van der Waals surface area contributed by atoms with E-state index in [0.29, 0.717) is 26.4 Å². The second-order valence-electron chi connectivity index (χ2n) is 4.54. The molecule has 1 aromatic rings. The monoisotopic (exact) mass is 236 g/mol. The Balaban J connectivity index is 2.11. The van der Waals surface area contributed by atoms with Crippen LogP contribution in [0.3, 0.4) is 0 Å². The van der Waals surface area contributed by atoms with Crippen molar-refractivity contribution in [2.75, 3.05) is 26.4 Å². The van der Waals surface area contributed by atoms with E-state index in [0.717, 1.165) is 11.3 Å². The summed E-state index contributed by atoms with van der Waals surface area (Å²) in [6, 6.07) is 7.83. The van der Waals surface area contributed by atoms with Crippen LogP contribution in [0.25, 0.3) is 0 Å². The third-order valence-electron chi connectivity index (χ3n) is 3.40. The first-order valence-electron chi connectivity index (χ1n) is 5.98. The Bertz CT molecular complexity index is 355. The van der Waals surface area contributed by atoms with Crippen LogP contribution in [-0.2, 0) is 4.74 Å². The zero-order valence-electron chi connectivity index (χ0n) is 10.2. The van der Waals surface area contributed by atoms with Gasteiger partial charge in [-0.05, 0) is 24.6 Å². The number of benzene rings is 1. The molecule has 2 rings (SSSR count). The molecule has 1 aromatic carbocycles. The maximum absolute atomic E-state index is 6.27. The van der Waals surface area contributed by atoms with E-state index in [4.69, 9.17) is 20.9 Å². The topological polar surface area (TPSA) is 70.5 Å². The van der Waals surface area contributed by atoms with Crippen LogP contribution < -0.4 is 16.2 Å². The lowest BCUT2D eigenvalue weighted by atomic mass is 9.76. The first kappa shape index (κ1) is 12.4. The van der Waals surface area contributed by atoms with Gasteiger partial charge in [-0.25, -0.2) is 0 Å². The van der Waals surface area contributed by atoms with Crippen LogP contribution in [0.15, 0.2) is 24.3 Å². The van der Waals surface area contributed by atoms with Crippen molar-refractivity contribution in [2.24, 2.45) is 16.9 Å². The SMILES string of the molecule is CCOc1ccc(C(N)C2(CN)COC2)cc1. The van der Waals surface area contributed by atoms with E-state index in [1.807, 2.05) is 31.2 Å². The van der Waals surface area contributed by atoms with Crippen LogP contribution in [0.1, 0.15) is 18.5 Å². The van der Waals surface area contributed by atoms with Crippen molar-refractivity contribution in [3.63, 3.8) is 0 Å². The fourth-order valence-electron chi connectivity index (χ4n) is 2.08. The summed E-state index contributed by atoms with van der Waals surface area (Å²) < 4.78 is 10.7. The molecule has 1 atom stereocenters. The van der Waals surface area contributed by atoms with E-state index in [2.05, 4.69) is 0 Å². The van der Waals surface area contributed by atoms with E-state index < -0.39 is 0 Å². The summed E-state index contributed by atoms with van der Waals surface area (Å²) in [6.07, 6.45) is 0. The molecule has 0 aliphatic carbocycles. The van der Waals surface area contributed by atoms with Crippen LogP contribution in [0, 0.1) is 5.41 Å². The van der Waals surface area contributed by atoms with Gasteiger partial charge >= 0.3 is 0 Å². The van der Waals surface area contributed by atoms with Crippen molar-refractivity contribution in [3.8, 4) is 5.75 Å². The summed E-state index contributed by atoms with van der Waals surface area (Å²) in [6.45, 7) is 4.50. The van der Waals surface area contributed by atoms with Crippen molar-refractivity contribution in [1.82, 2.24) is 0 Å². The Hall–Kier alpha value is -1.10. The molecule has 1 heterocycles. The molecule has 1 fully saturated rings. The molecule has 94 valence electrons. The van der Waals surface area contributed by atoms with Crippen molar-refractivity contribution >= 4 is 0 Å². The van der Waals surface area contributed by atoms with Gasteiger partial charge in [-0.15, -0.1) is 0 Å². The molecule has 0 radical (unpaired) electrons. The Labute approximate surface area is 102 Å². The Morgan fingerprint density at radius 1 is 1.35 bits per heavy atom. The van der Waals surface area contributed by atoms with Gasteiger partial charge in [0.25, 0.3) is 0 Å². The Kier molecular flexibility index (Phi) is 3.66. The second kappa shape index (κ2) is 5.04. The molecule has 0 aromatic heterocycles. The summed E-state index contributed by atoms with van der Waals surface area (Å²) in [5.41, 5.74) is 13.1. The molecule has 0 amide bonds. The molecule has 1 aliphatic rings. The van der Waals surface area contributed by atoms with E-state index in [1.54, 1.807) is 0 Å². The average Bonchev–Trinajstić information content (AvgIpc) is 2.29. The molecular formula is C13H20N2O2. The van der Waals surface area contributed by atoms with Gasteiger partial charge < -0.3 is 20.9 Å². The van der Waals surface area contributed by atoms with E-state index in [-0.39, 0.29) is 11.5 Å². The number of rotatable bonds is 5. The fraction of sp³-hybridized carbons (Fsp3) is 0.538. The molecule has 4 nitrogen and oxygen atoms in total. The Morgan fingerprint density at radius 2 is 2.00 bits per heavy atom. The van der Waals surface area contributed by atoms with Crippen LogP contribution in [0.2, 0.25) is 0 Å². The van der Waals surface area contributed by atoms with E-state index in [9.17, 15) is 0 Å². The van der Waals surface area contributed by atoms with Gasteiger partial charge in [-0.3, -0.25) is 0 Å². The first-order valence-corrected chi connectivity index (χ1v) is 5.98. The number of hydrogen-bond acceptors (Lipinski definition) is 4.